The van der Waals surface area contributed by atoms with E-state index in [2.05, 4.69) is 25.0 Å². The number of hydrogen-bond acceptors (Lipinski definition) is 6. The second kappa shape index (κ2) is 8.03. The van der Waals surface area contributed by atoms with Crippen LogP contribution in [0.5, 0.6) is 0 Å². The number of halogens is 1. The Morgan fingerprint density at radius 3 is 2.44 bits per heavy atom. The third-order valence-corrected chi connectivity index (χ3v) is 6.31. The van der Waals surface area contributed by atoms with Crippen molar-refractivity contribution in [2.75, 3.05) is 4.72 Å². The van der Waals surface area contributed by atoms with Crippen molar-refractivity contribution in [3.63, 3.8) is 0 Å². The number of rotatable bonds is 5. The Morgan fingerprint density at radius 1 is 0.844 bits per heavy atom. The Morgan fingerprint density at radius 2 is 1.69 bits per heavy atom. The van der Waals surface area contributed by atoms with Crippen LogP contribution in [0, 0.1) is 0 Å². The molecule has 0 aliphatic carbocycles. The van der Waals surface area contributed by atoms with Crippen molar-refractivity contribution >= 4 is 33.0 Å². The minimum Gasteiger partial charge on any atom is -0.280 e. The van der Waals surface area contributed by atoms with Gasteiger partial charge in [-0.2, -0.15) is 9.61 Å². The Bertz CT molecular complexity index is 1520. The first-order valence-corrected chi connectivity index (χ1v) is 11.4. The van der Waals surface area contributed by atoms with E-state index in [1.807, 2.05) is 30.3 Å². The minimum atomic E-state index is -3.75. The highest BCUT2D eigenvalue weighted by Crippen LogP contribution is 2.24. The molecular formula is C22H15ClN6O2S. The van der Waals surface area contributed by atoms with Gasteiger partial charge in [-0.3, -0.25) is 9.71 Å². The van der Waals surface area contributed by atoms with Crippen molar-refractivity contribution in [3.05, 3.63) is 90.1 Å². The number of pyridine rings is 1. The van der Waals surface area contributed by atoms with Gasteiger partial charge in [-0.15, -0.1) is 10.2 Å². The fourth-order valence-electron chi connectivity index (χ4n) is 3.15. The third kappa shape index (κ3) is 3.91. The second-order valence-electron chi connectivity index (χ2n) is 6.87. The van der Waals surface area contributed by atoms with E-state index < -0.39 is 10.0 Å². The van der Waals surface area contributed by atoms with Crippen molar-refractivity contribution < 1.29 is 8.42 Å². The number of benzene rings is 2. The number of hydrogen-bond donors (Lipinski definition) is 1. The number of nitrogens with zero attached hydrogens (tertiary/aromatic N) is 5. The van der Waals surface area contributed by atoms with E-state index in [0.29, 0.717) is 33.6 Å². The highest BCUT2D eigenvalue weighted by atomic mass is 35.5. The SMILES string of the molecule is O=S(=O)(Nc1ccc(-c2ccc3nnc(-c4ccccn4)n3n2)cc1)c1cccc(Cl)c1. The molecule has 10 heteroatoms. The average molecular weight is 463 g/mol. The zero-order valence-corrected chi connectivity index (χ0v) is 18.0. The van der Waals surface area contributed by atoms with Crippen molar-refractivity contribution in [1.29, 1.82) is 0 Å². The Balaban J connectivity index is 1.44. The fraction of sp³-hybridized carbons (Fsp3) is 0. The number of nitrogens with one attached hydrogen (secondary N) is 1. The van der Waals surface area contributed by atoms with Gasteiger partial charge in [0.15, 0.2) is 5.65 Å². The Hall–Kier alpha value is -3.82. The molecule has 3 heterocycles. The van der Waals surface area contributed by atoms with E-state index in [0.717, 1.165) is 5.56 Å². The fourth-order valence-corrected chi connectivity index (χ4v) is 4.51. The third-order valence-electron chi connectivity index (χ3n) is 4.70. The maximum Gasteiger partial charge on any atom is 0.261 e. The van der Waals surface area contributed by atoms with E-state index >= 15 is 0 Å². The molecule has 0 saturated heterocycles. The van der Waals surface area contributed by atoms with E-state index in [1.165, 1.54) is 12.1 Å². The molecule has 3 aromatic heterocycles. The summed E-state index contributed by atoms with van der Waals surface area (Å²) in [6.45, 7) is 0. The maximum atomic E-state index is 12.6. The summed E-state index contributed by atoms with van der Waals surface area (Å²) in [5.74, 6) is 0.536. The van der Waals surface area contributed by atoms with Crippen LogP contribution in [0.15, 0.2) is 90.0 Å². The molecule has 2 aromatic carbocycles. The first kappa shape index (κ1) is 20.1. The zero-order valence-electron chi connectivity index (χ0n) is 16.4. The van der Waals surface area contributed by atoms with Crippen LogP contribution < -0.4 is 4.72 Å². The van der Waals surface area contributed by atoms with Gasteiger partial charge in [0, 0.05) is 22.5 Å². The molecule has 5 rings (SSSR count). The van der Waals surface area contributed by atoms with Crippen LogP contribution in [0.25, 0.3) is 28.4 Å². The predicted molar refractivity (Wildman–Crippen MR) is 122 cm³/mol. The van der Waals surface area contributed by atoms with Crippen molar-refractivity contribution in [1.82, 2.24) is 24.8 Å². The molecule has 0 bridgehead atoms. The summed E-state index contributed by atoms with van der Waals surface area (Å²) in [5.41, 5.74) is 3.17. The summed E-state index contributed by atoms with van der Waals surface area (Å²) < 4.78 is 29.4. The summed E-state index contributed by atoms with van der Waals surface area (Å²) in [7, 11) is -3.75. The van der Waals surface area contributed by atoms with Gasteiger partial charge in [-0.05, 0) is 54.6 Å². The summed E-state index contributed by atoms with van der Waals surface area (Å²) in [5, 5.41) is 13.3. The molecule has 32 heavy (non-hydrogen) atoms. The molecular weight excluding hydrogens is 448 g/mol. The van der Waals surface area contributed by atoms with Crippen LogP contribution in [0.3, 0.4) is 0 Å². The van der Waals surface area contributed by atoms with Gasteiger partial charge in [-0.25, -0.2) is 8.42 Å². The normalized spacial score (nSPS) is 11.5. The monoisotopic (exact) mass is 462 g/mol. The molecule has 5 aromatic rings. The number of anilines is 1. The van der Waals surface area contributed by atoms with Crippen LogP contribution >= 0.6 is 11.6 Å². The lowest BCUT2D eigenvalue weighted by Gasteiger charge is -2.09. The van der Waals surface area contributed by atoms with Crippen LogP contribution in [0.2, 0.25) is 5.02 Å². The lowest BCUT2D eigenvalue weighted by molar-refractivity contribution is 0.601. The molecule has 0 aliphatic rings. The number of aromatic nitrogens is 5. The van der Waals surface area contributed by atoms with Crippen molar-refractivity contribution in [2.24, 2.45) is 0 Å². The quantitative estimate of drug-likeness (QED) is 0.417. The van der Waals surface area contributed by atoms with Gasteiger partial charge < -0.3 is 0 Å². The summed E-state index contributed by atoms with van der Waals surface area (Å²) in [6.07, 6.45) is 1.68. The van der Waals surface area contributed by atoms with Gasteiger partial charge >= 0.3 is 0 Å². The molecule has 0 aliphatic heterocycles. The predicted octanol–water partition coefficient (Wildman–Crippen LogP) is 4.31. The van der Waals surface area contributed by atoms with Crippen LogP contribution in [0.1, 0.15) is 0 Å². The summed E-state index contributed by atoms with van der Waals surface area (Å²) >= 11 is 5.91. The molecule has 0 saturated carbocycles. The Kier molecular flexibility index (Phi) is 5.04. The number of sulfonamides is 1. The standard InChI is InChI=1S/C22H15ClN6O2S/c23-16-4-3-5-18(14-16)32(30,31)28-17-9-7-15(8-10-17)19-11-12-21-25-26-22(29(21)27-19)20-6-1-2-13-24-20/h1-14,28H. The average Bonchev–Trinajstić information content (AvgIpc) is 3.23. The molecule has 0 atom stereocenters. The topological polar surface area (TPSA) is 102 Å². The van der Waals surface area contributed by atoms with Gasteiger partial charge in [0.25, 0.3) is 10.0 Å². The molecule has 0 unspecified atom stereocenters. The van der Waals surface area contributed by atoms with Gasteiger partial charge in [0.2, 0.25) is 5.82 Å². The Labute approximate surface area is 188 Å². The van der Waals surface area contributed by atoms with Gasteiger partial charge in [0.1, 0.15) is 5.69 Å². The van der Waals surface area contributed by atoms with Gasteiger partial charge in [-0.1, -0.05) is 35.9 Å². The minimum absolute atomic E-state index is 0.0934. The zero-order chi connectivity index (χ0) is 22.1. The first-order chi connectivity index (χ1) is 15.5. The molecule has 158 valence electrons. The molecule has 1 N–H and O–H groups in total. The van der Waals surface area contributed by atoms with Crippen LogP contribution in [-0.4, -0.2) is 33.2 Å². The molecule has 0 radical (unpaired) electrons. The first-order valence-electron chi connectivity index (χ1n) is 9.52. The van der Waals surface area contributed by atoms with Gasteiger partial charge in [0.05, 0.1) is 10.6 Å². The molecule has 0 fully saturated rings. The summed E-state index contributed by atoms with van der Waals surface area (Å²) in [4.78, 5) is 4.41. The second-order valence-corrected chi connectivity index (χ2v) is 8.99. The van der Waals surface area contributed by atoms with E-state index in [-0.39, 0.29) is 4.90 Å². The largest absolute Gasteiger partial charge is 0.280 e. The van der Waals surface area contributed by atoms with E-state index in [1.54, 1.807) is 47.1 Å². The molecule has 0 spiro atoms. The molecule has 0 amide bonds. The number of fused-ring (bicyclic) bond motifs is 1. The summed E-state index contributed by atoms with van der Waals surface area (Å²) in [6, 6.07) is 22.2. The van der Waals surface area contributed by atoms with Crippen molar-refractivity contribution in [2.45, 2.75) is 4.90 Å². The van der Waals surface area contributed by atoms with Crippen molar-refractivity contribution in [3.8, 4) is 22.8 Å². The lowest BCUT2D eigenvalue weighted by atomic mass is 10.1. The highest BCUT2D eigenvalue weighted by molar-refractivity contribution is 7.92. The smallest absolute Gasteiger partial charge is 0.261 e. The van der Waals surface area contributed by atoms with E-state index in [4.69, 9.17) is 11.6 Å². The van der Waals surface area contributed by atoms with E-state index in [9.17, 15) is 8.42 Å². The molecule has 8 nitrogen and oxygen atoms in total. The maximum absolute atomic E-state index is 12.6. The lowest BCUT2D eigenvalue weighted by Crippen LogP contribution is -2.12. The van der Waals surface area contributed by atoms with Crippen LogP contribution in [-0.2, 0) is 10.0 Å². The highest BCUT2D eigenvalue weighted by Gasteiger charge is 2.15. The van der Waals surface area contributed by atoms with Crippen LogP contribution in [0.4, 0.5) is 5.69 Å².